The number of carbonyl (C=O) groups is 1. The summed E-state index contributed by atoms with van der Waals surface area (Å²) in [6, 6.07) is 0. The van der Waals surface area contributed by atoms with Crippen LogP contribution in [0.1, 0.15) is 40.5 Å². The van der Waals surface area contributed by atoms with Gasteiger partial charge >= 0.3 is 5.97 Å². The third-order valence-corrected chi connectivity index (χ3v) is 3.53. The van der Waals surface area contributed by atoms with Crippen molar-refractivity contribution >= 4 is 5.97 Å². The van der Waals surface area contributed by atoms with Crippen LogP contribution in [0.5, 0.6) is 0 Å². The van der Waals surface area contributed by atoms with Crippen LogP contribution in [0.25, 0.3) is 0 Å². The quantitative estimate of drug-likeness (QED) is 0.729. The van der Waals surface area contributed by atoms with Crippen molar-refractivity contribution in [2.24, 2.45) is 23.2 Å². The van der Waals surface area contributed by atoms with Crippen LogP contribution in [0.4, 0.5) is 0 Å². The number of rotatable bonds is 4. The third-order valence-electron chi connectivity index (χ3n) is 3.53. The van der Waals surface area contributed by atoms with E-state index in [0.717, 1.165) is 12.8 Å². The van der Waals surface area contributed by atoms with E-state index in [4.69, 9.17) is 5.11 Å². The Hall–Kier alpha value is -0.530. The van der Waals surface area contributed by atoms with Gasteiger partial charge in [0.1, 0.15) is 0 Å². The largest absolute Gasteiger partial charge is 0.481 e. The highest BCUT2D eigenvalue weighted by molar-refractivity contribution is 5.75. The minimum Gasteiger partial charge on any atom is -0.481 e. The topological polar surface area (TPSA) is 37.3 Å². The van der Waals surface area contributed by atoms with E-state index in [2.05, 4.69) is 27.7 Å². The lowest BCUT2D eigenvalue weighted by atomic mass is 9.95. The van der Waals surface area contributed by atoms with Crippen LogP contribution in [-0.2, 0) is 4.79 Å². The van der Waals surface area contributed by atoms with Crippen molar-refractivity contribution in [3.63, 3.8) is 0 Å². The van der Waals surface area contributed by atoms with Crippen molar-refractivity contribution in [3.8, 4) is 0 Å². The Bertz CT molecular complexity index is 208. The normalized spacial score (nSPS) is 32.6. The predicted octanol–water partition coefficient (Wildman–Crippen LogP) is 2.78. The molecule has 1 fully saturated rings. The monoisotopic (exact) mass is 184 g/mol. The lowest BCUT2D eigenvalue weighted by Crippen LogP contribution is -2.05. The first-order chi connectivity index (χ1) is 5.92. The van der Waals surface area contributed by atoms with Gasteiger partial charge in [-0.3, -0.25) is 4.79 Å². The lowest BCUT2D eigenvalue weighted by molar-refractivity contribution is -0.139. The maximum absolute atomic E-state index is 10.9. The second-order valence-electron chi connectivity index (χ2n) is 4.93. The molecule has 0 aliphatic heterocycles. The van der Waals surface area contributed by atoms with Crippen LogP contribution < -0.4 is 0 Å². The fraction of sp³-hybridized carbons (Fsp3) is 0.909. The van der Waals surface area contributed by atoms with Gasteiger partial charge in [-0.1, -0.05) is 40.5 Å². The van der Waals surface area contributed by atoms with Crippen molar-refractivity contribution in [1.29, 1.82) is 0 Å². The molecule has 13 heavy (non-hydrogen) atoms. The molecular weight excluding hydrogens is 164 g/mol. The van der Waals surface area contributed by atoms with Gasteiger partial charge in [0.25, 0.3) is 0 Å². The highest BCUT2D eigenvalue weighted by Crippen LogP contribution is 2.62. The molecule has 0 bridgehead atoms. The number of carboxylic acids is 1. The number of hydrogen-bond acceptors (Lipinski definition) is 1. The zero-order chi connectivity index (χ0) is 10.2. The molecule has 0 heterocycles. The van der Waals surface area contributed by atoms with Crippen LogP contribution in [0.2, 0.25) is 0 Å². The summed E-state index contributed by atoms with van der Waals surface area (Å²) >= 11 is 0. The van der Waals surface area contributed by atoms with Gasteiger partial charge in [-0.25, -0.2) is 0 Å². The summed E-state index contributed by atoms with van der Waals surface area (Å²) in [4.78, 5) is 10.9. The molecule has 3 atom stereocenters. The molecule has 1 unspecified atom stereocenters. The maximum atomic E-state index is 10.9. The molecule has 1 aliphatic carbocycles. The number of carboxylic acid groups (broad SMARTS) is 1. The molecule has 0 aromatic carbocycles. The van der Waals surface area contributed by atoms with Gasteiger partial charge in [0, 0.05) is 0 Å². The smallest absolute Gasteiger partial charge is 0.307 e. The first-order valence-corrected chi connectivity index (χ1v) is 5.15. The molecule has 0 aromatic rings. The van der Waals surface area contributed by atoms with Crippen LogP contribution in [0.15, 0.2) is 0 Å². The van der Waals surface area contributed by atoms with Gasteiger partial charge in [0.2, 0.25) is 0 Å². The first kappa shape index (κ1) is 10.6. The lowest BCUT2D eigenvalue weighted by Gasteiger charge is -2.10. The predicted molar refractivity (Wildman–Crippen MR) is 52.5 cm³/mol. The first-order valence-electron chi connectivity index (χ1n) is 5.15. The average molecular weight is 184 g/mol. The Labute approximate surface area is 80.3 Å². The minimum atomic E-state index is -0.613. The minimum absolute atomic E-state index is 0.0282. The van der Waals surface area contributed by atoms with Crippen molar-refractivity contribution in [2.45, 2.75) is 40.5 Å². The Balaban J connectivity index is 2.59. The molecule has 1 saturated carbocycles. The van der Waals surface area contributed by atoms with Crippen LogP contribution in [-0.4, -0.2) is 11.1 Å². The Morgan fingerprint density at radius 1 is 1.54 bits per heavy atom. The van der Waals surface area contributed by atoms with Gasteiger partial charge in [0.05, 0.1) is 5.92 Å². The molecular formula is C11H20O2. The molecule has 76 valence electrons. The van der Waals surface area contributed by atoms with Crippen LogP contribution >= 0.6 is 0 Å². The molecule has 0 spiro atoms. The molecule has 0 aromatic heterocycles. The third kappa shape index (κ3) is 1.72. The van der Waals surface area contributed by atoms with E-state index in [-0.39, 0.29) is 11.3 Å². The van der Waals surface area contributed by atoms with Gasteiger partial charge in [-0.15, -0.1) is 0 Å². The summed E-state index contributed by atoms with van der Waals surface area (Å²) in [6.07, 6.45) is 2.30. The molecule has 0 saturated heterocycles. The van der Waals surface area contributed by atoms with Crippen molar-refractivity contribution in [1.82, 2.24) is 0 Å². The zero-order valence-corrected chi connectivity index (χ0v) is 9.00. The van der Waals surface area contributed by atoms with E-state index in [9.17, 15) is 4.79 Å². The Morgan fingerprint density at radius 2 is 2.08 bits per heavy atom. The highest BCUT2D eigenvalue weighted by atomic mass is 16.4. The van der Waals surface area contributed by atoms with E-state index in [1.165, 1.54) is 0 Å². The summed E-state index contributed by atoms with van der Waals surface area (Å²) in [5.41, 5.74) is 0.0282. The van der Waals surface area contributed by atoms with Crippen molar-refractivity contribution in [3.05, 3.63) is 0 Å². The van der Waals surface area contributed by atoms with Gasteiger partial charge in [-0.2, -0.15) is 0 Å². The molecule has 0 amide bonds. The van der Waals surface area contributed by atoms with E-state index in [1.807, 2.05) is 0 Å². The zero-order valence-electron chi connectivity index (χ0n) is 9.00. The Kier molecular flexibility index (Phi) is 2.69. The number of aliphatic carboxylic acids is 1. The van der Waals surface area contributed by atoms with Gasteiger partial charge in [-0.05, 0) is 17.3 Å². The second-order valence-corrected chi connectivity index (χ2v) is 4.93. The fourth-order valence-electron chi connectivity index (χ4n) is 2.85. The SMILES string of the molecule is CCCC(C)[C@H]1[C@H](C(=O)O)C1(C)C. The van der Waals surface area contributed by atoms with Crippen molar-refractivity contribution in [2.75, 3.05) is 0 Å². The van der Waals surface area contributed by atoms with E-state index in [1.54, 1.807) is 0 Å². The van der Waals surface area contributed by atoms with Gasteiger partial charge in [0.15, 0.2) is 0 Å². The summed E-state index contributed by atoms with van der Waals surface area (Å²) in [6.45, 7) is 8.48. The van der Waals surface area contributed by atoms with Gasteiger partial charge < -0.3 is 5.11 Å². The fourth-order valence-corrected chi connectivity index (χ4v) is 2.85. The summed E-state index contributed by atoms with van der Waals surface area (Å²) < 4.78 is 0. The summed E-state index contributed by atoms with van der Waals surface area (Å²) in [5.74, 6) is 0.234. The Morgan fingerprint density at radius 3 is 2.38 bits per heavy atom. The van der Waals surface area contributed by atoms with E-state index in [0.29, 0.717) is 11.8 Å². The van der Waals surface area contributed by atoms with Crippen LogP contribution in [0, 0.1) is 23.2 Å². The maximum Gasteiger partial charge on any atom is 0.307 e. The van der Waals surface area contributed by atoms with Crippen LogP contribution in [0.3, 0.4) is 0 Å². The number of hydrogen-bond donors (Lipinski definition) is 1. The highest BCUT2D eigenvalue weighted by Gasteiger charge is 2.63. The van der Waals surface area contributed by atoms with E-state index >= 15 is 0 Å². The van der Waals surface area contributed by atoms with Crippen molar-refractivity contribution < 1.29 is 9.90 Å². The standard InChI is InChI=1S/C11H20O2/c1-5-6-7(2)8-9(10(12)13)11(8,3)4/h7-9H,5-6H2,1-4H3,(H,12,13)/t7?,8-,9+/m0/s1. The summed E-state index contributed by atoms with van der Waals surface area (Å²) in [5, 5.41) is 8.98. The molecule has 1 rings (SSSR count). The average Bonchev–Trinajstić information content (AvgIpc) is 2.54. The van der Waals surface area contributed by atoms with E-state index < -0.39 is 5.97 Å². The molecule has 2 nitrogen and oxygen atoms in total. The molecule has 1 aliphatic rings. The molecule has 1 N–H and O–H groups in total. The summed E-state index contributed by atoms with van der Waals surface area (Å²) in [7, 11) is 0. The molecule has 2 heteroatoms. The molecule has 0 radical (unpaired) electrons. The second kappa shape index (κ2) is 3.32.